The van der Waals surface area contributed by atoms with Crippen LogP contribution in [0.2, 0.25) is 0 Å². The summed E-state index contributed by atoms with van der Waals surface area (Å²) in [6, 6.07) is 45.9. The van der Waals surface area contributed by atoms with Gasteiger partial charge in [0.1, 0.15) is 24.7 Å². The predicted octanol–water partition coefficient (Wildman–Crippen LogP) is 2.39. The van der Waals surface area contributed by atoms with Crippen LogP contribution in [0.25, 0.3) is 12.2 Å². The standard InChI is InChI=1S/2C24H22O3.2Na/c2*1-18-9-7-14-21(23(18)27-17-19-10-3-2-4-11-19)15-8-13-20-12-5-6-16-22(20)24(25)26;;/h2-12,14-16H,13,17H2,1H3,(H,25,26);2-14,16H,15,17H2,1H3,(H,25,26);;/q;;2*+1/p-2. The van der Waals surface area contributed by atoms with Gasteiger partial charge in [0.2, 0.25) is 0 Å². The third-order valence-electron chi connectivity index (χ3n) is 8.68. The first kappa shape index (κ1) is 45.7. The first-order valence-electron chi connectivity index (χ1n) is 17.7. The number of carboxylic acid groups (broad SMARTS) is 2. The van der Waals surface area contributed by atoms with E-state index in [1.165, 1.54) is 0 Å². The number of hydrogen-bond donors (Lipinski definition) is 0. The fourth-order valence-electron chi connectivity index (χ4n) is 5.89. The Bertz CT molecular complexity index is 2220. The summed E-state index contributed by atoms with van der Waals surface area (Å²) in [5.74, 6) is -0.607. The number of carbonyl (C=O) groups excluding carboxylic acids is 2. The Labute approximate surface area is 374 Å². The van der Waals surface area contributed by atoms with Crippen molar-refractivity contribution in [1.29, 1.82) is 0 Å². The summed E-state index contributed by atoms with van der Waals surface area (Å²) in [6.45, 7) is 5.05. The van der Waals surface area contributed by atoms with Crippen LogP contribution in [0.1, 0.15) is 65.2 Å². The van der Waals surface area contributed by atoms with Crippen molar-refractivity contribution in [3.8, 4) is 11.5 Å². The van der Waals surface area contributed by atoms with Gasteiger partial charge in [-0.05, 0) is 65.6 Å². The minimum atomic E-state index is -1.17. The number of carboxylic acids is 2. The molecule has 8 heteroatoms. The van der Waals surface area contributed by atoms with E-state index >= 15 is 0 Å². The minimum absolute atomic E-state index is 0. The van der Waals surface area contributed by atoms with Gasteiger partial charge in [-0.1, -0.05) is 170 Å². The molecule has 0 fully saturated rings. The Morgan fingerprint density at radius 1 is 0.482 bits per heavy atom. The second kappa shape index (κ2) is 24.1. The summed E-state index contributed by atoms with van der Waals surface area (Å²) in [4.78, 5) is 22.4. The Morgan fingerprint density at radius 3 is 1.52 bits per heavy atom. The first-order chi connectivity index (χ1) is 26.3. The first-order valence-corrected chi connectivity index (χ1v) is 17.7. The van der Waals surface area contributed by atoms with Crippen LogP contribution in [0.15, 0.2) is 158 Å². The molecule has 0 radical (unpaired) electrons. The topological polar surface area (TPSA) is 98.7 Å². The van der Waals surface area contributed by atoms with E-state index < -0.39 is 11.9 Å². The van der Waals surface area contributed by atoms with Crippen LogP contribution in [-0.2, 0) is 26.1 Å². The van der Waals surface area contributed by atoms with E-state index in [1.807, 2.05) is 147 Å². The Balaban J connectivity index is 0.000000290. The largest absolute Gasteiger partial charge is 1.00 e. The Hall–Kier alpha value is -4.66. The number of hydrogen-bond acceptors (Lipinski definition) is 6. The normalized spacial score (nSPS) is 10.5. The van der Waals surface area contributed by atoms with Crippen molar-refractivity contribution in [2.75, 3.05) is 0 Å². The van der Waals surface area contributed by atoms with Gasteiger partial charge in [0.25, 0.3) is 0 Å². The molecule has 0 atom stereocenters. The molecule has 6 rings (SSSR count). The van der Waals surface area contributed by atoms with Gasteiger partial charge in [-0.25, -0.2) is 0 Å². The van der Waals surface area contributed by atoms with E-state index in [-0.39, 0.29) is 70.2 Å². The second-order valence-electron chi connectivity index (χ2n) is 12.6. The van der Waals surface area contributed by atoms with E-state index in [0.717, 1.165) is 50.4 Å². The van der Waals surface area contributed by atoms with Gasteiger partial charge < -0.3 is 29.3 Å². The molecule has 6 aromatic carbocycles. The van der Waals surface area contributed by atoms with Gasteiger partial charge in [0.05, 0.1) is 11.9 Å². The van der Waals surface area contributed by atoms with Crippen LogP contribution >= 0.6 is 0 Å². The summed E-state index contributed by atoms with van der Waals surface area (Å²) < 4.78 is 12.1. The molecule has 0 aromatic heterocycles. The molecule has 272 valence electrons. The molecule has 0 bridgehead atoms. The maximum absolute atomic E-state index is 11.2. The molecule has 0 aliphatic carbocycles. The molecule has 0 spiro atoms. The van der Waals surface area contributed by atoms with Crippen LogP contribution in [0.5, 0.6) is 11.5 Å². The summed E-state index contributed by atoms with van der Waals surface area (Å²) in [6.07, 6.45) is 8.84. The summed E-state index contributed by atoms with van der Waals surface area (Å²) in [5.41, 5.74) is 8.18. The zero-order valence-electron chi connectivity index (χ0n) is 32.4. The van der Waals surface area contributed by atoms with Crippen molar-refractivity contribution in [2.45, 2.75) is 39.9 Å². The third kappa shape index (κ3) is 13.8. The van der Waals surface area contributed by atoms with E-state index in [1.54, 1.807) is 36.4 Å². The smallest absolute Gasteiger partial charge is 0.545 e. The molecule has 6 aromatic rings. The molecule has 0 saturated carbocycles. The Kier molecular flexibility index (Phi) is 19.7. The summed E-state index contributed by atoms with van der Waals surface area (Å²) in [5, 5.41) is 22.4. The Morgan fingerprint density at radius 2 is 0.911 bits per heavy atom. The molecule has 0 N–H and O–H groups in total. The summed E-state index contributed by atoms with van der Waals surface area (Å²) >= 11 is 0. The molecule has 0 aliphatic rings. The minimum Gasteiger partial charge on any atom is -0.545 e. The average Bonchev–Trinajstić information content (AvgIpc) is 3.18. The number of allylic oxidation sites excluding steroid dienone is 2. The molecule has 0 heterocycles. The monoisotopic (exact) mass is 760 g/mol. The summed E-state index contributed by atoms with van der Waals surface area (Å²) in [7, 11) is 0. The van der Waals surface area contributed by atoms with Gasteiger partial charge >= 0.3 is 59.1 Å². The number of carbonyl (C=O) groups is 2. The van der Waals surface area contributed by atoms with Gasteiger partial charge in [-0.15, -0.1) is 0 Å². The number of para-hydroxylation sites is 2. The van der Waals surface area contributed by atoms with Gasteiger partial charge in [0, 0.05) is 16.7 Å². The van der Waals surface area contributed by atoms with Gasteiger partial charge in [0.15, 0.2) is 0 Å². The van der Waals surface area contributed by atoms with E-state index in [2.05, 4.69) is 0 Å². The van der Waals surface area contributed by atoms with Crippen molar-refractivity contribution >= 4 is 24.1 Å². The number of aryl methyl sites for hydroxylation is 2. The quantitative estimate of drug-likeness (QED) is 0.158. The third-order valence-corrected chi connectivity index (χ3v) is 8.68. The zero-order chi connectivity index (χ0) is 38.1. The van der Waals surface area contributed by atoms with Crippen molar-refractivity contribution in [1.82, 2.24) is 0 Å². The van der Waals surface area contributed by atoms with E-state index in [0.29, 0.717) is 31.6 Å². The molecule has 56 heavy (non-hydrogen) atoms. The van der Waals surface area contributed by atoms with Gasteiger partial charge in [-0.3, -0.25) is 0 Å². The van der Waals surface area contributed by atoms with Crippen molar-refractivity contribution in [2.24, 2.45) is 0 Å². The zero-order valence-corrected chi connectivity index (χ0v) is 36.4. The van der Waals surface area contributed by atoms with E-state index in [4.69, 9.17) is 9.47 Å². The SMILES string of the molecule is Cc1cccc(C=CCc2ccccc2C(=O)[O-])c1OCc1ccccc1.Cc1cccc(CC=Cc2ccccc2C(=O)[O-])c1OCc1ccccc1.[Na+].[Na+]. The van der Waals surface area contributed by atoms with Crippen LogP contribution in [0.3, 0.4) is 0 Å². The molecular formula is C48H42Na2O6. The fraction of sp³-hybridized carbons (Fsp3) is 0.125. The van der Waals surface area contributed by atoms with Crippen LogP contribution in [0, 0.1) is 13.8 Å². The molecule has 0 aliphatic heterocycles. The van der Waals surface area contributed by atoms with E-state index in [9.17, 15) is 19.8 Å². The van der Waals surface area contributed by atoms with Crippen LogP contribution in [0.4, 0.5) is 0 Å². The van der Waals surface area contributed by atoms with Crippen molar-refractivity contribution < 1.29 is 88.4 Å². The maximum Gasteiger partial charge on any atom is 1.00 e. The maximum atomic E-state index is 11.2. The number of ether oxygens (including phenoxy) is 2. The van der Waals surface area contributed by atoms with Crippen molar-refractivity contribution in [3.05, 3.63) is 213 Å². The van der Waals surface area contributed by atoms with Crippen LogP contribution < -0.4 is 78.8 Å². The molecule has 6 nitrogen and oxygen atoms in total. The predicted molar refractivity (Wildman–Crippen MR) is 211 cm³/mol. The number of aromatic carboxylic acids is 2. The van der Waals surface area contributed by atoms with Gasteiger partial charge in [-0.2, -0.15) is 0 Å². The molecule has 0 unspecified atom stereocenters. The number of benzene rings is 6. The second-order valence-corrected chi connectivity index (χ2v) is 12.6. The number of rotatable bonds is 14. The fourth-order valence-corrected chi connectivity index (χ4v) is 5.89. The average molecular weight is 761 g/mol. The van der Waals surface area contributed by atoms with Crippen molar-refractivity contribution in [3.63, 3.8) is 0 Å². The molecular weight excluding hydrogens is 719 g/mol. The molecule has 0 amide bonds. The van der Waals surface area contributed by atoms with Crippen LogP contribution in [-0.4, -0.2) is 11.9 Å². The molecule has 0 saturated heterocycles.